The van der Waals surface area contributed by atoms with Gasteiger partial charge in [0.05, 0.1) is 19.8 Å². The molecule has 0 aliphatic carbocycles. The van der Waals surface area contributed by atoms with Gasteiger partial charge in [-0.2, -0.15) is 0 Å². The molecule has 1 heterocycles. The molecule has 17 heavy (non-hydrogen) atoms. The van der Waals surface area contributed by atoms with Crippen LogP contribution in [0.25, 0.3) is 0 Å². The zero-order chi connectivity index (χ0) is 12.3. The van der Waals surface area contributed by atoms with E-state index in [1.807, 2.05) is 18.2 Å². The van der Waals surface area contributed by atoms with E-state index in [-0.39, 0.29) is 6.04 Å². The summed E-state index contributed by atoms with van der Waals surface area (Å²) in [5.74, 6) is 1.65. The Balaban J connectivity index is 2.28. The summed E-state index contributed by atoms with van der Waals surface area (Å²) in [5, 5.41) is 0. The van der Waals surface area contributed by atoms with Crippen molar-refractivity contribution in [2.45, 2.75) is 18.9 Å². The van der Waals surface area contributed by atoms with Crippen molar-refractivity contribution in [1.29, 1.82) is 0 Å². The molecule has 92 valence electrons. The Morgan fingerprint density at radius 1 is 1.47 bits per heavy atom. The molecule has 1 atom stereocenters. The quantitative estimate of drug-likeness (QED) is 0.932. The van der Waals surface area contributed by atoms with Crippen LogP contribution in [0.3, 0.4) is 0 Å². The van der Waals surface area contributed by atoms with Gasteiger partial charge in [0.15, 0.2) is 0 Å². The predicted molar refractivity (Wildman–Crippen MR) is 70.9 cm³/mol. The second-order valence-electron chi connectivity index (χ2n) is 3.96. The number of nitrogens with two attached hydrogens (primary N) is 1. The molecular weight excluding hydrogens is 282 g/mol. The highest BCUT2D eigenvalue weighted by Gasteiger charge is 2.18. The van der Waals surface area contributed by atoms with Crippen LogP contribution in [-0.2, 0) is 4.74 Å². The van der Waals surface area contributed by atoms with Crippen molar-refractivity contribution >= 4 is 15.9 Å². The Morgan fingerprint density at radius 2 is 2.29 bits per heavy atom. The molecule has 1 unspecified atom stereocenters. The lowest BCUT2D eigenvalue weighted by Crippen LogP contribution is -2.18. The molecule has 0 radical (unpaired) electrons. The molecule has 1 aliphatic rings. The summed E-state index contributed by atoms with van der Waals surface area (Å²) in [4.78, 5) is 0. The minimum Gasteiger partial charge on any atom is -0.497 e. The SMILES string of the molecule is COc1ccc(Br)c(C(N)C2=CCCCO2)c1. The van der Waals surface area contributed by atoms with Gasteiger partial charge >= 0.3 is 0 Å². The van der Waals surface area contributed by atoms with Gasteiger partial charge in [0.2, 0.25) is 0 Å². The lowest BCUT2D eigenvalue weighted by Gasteiger charge is -2.22. The molecule has 3 nitrogen and oxygen atoms in total. The van der Waals surface area contributed by atoms with E-state index in [1.54, 1.807) is 7.11 Å². The predicted octanol–water partition coefficient (Wildman–Crippen LogP) is 3.15. The molecule has 1 aromatic carbocycles. The Kier molecular flexibility index (Phi) is 4.07. The first-order valence-electron chi connectivity index (χ1n) is 5.64. The van der Waals surface area contributed by atoms with Gasteiger partial charge in [-0.1, -0.05) is 15.9 Å². The van der Waals surface area contributed by atoms with Gasteiger partial charge in [0, 0.05) is 4.47 Å². The maximum absolute atomic E-state index is 6.22. The normalized spacial score (nSPS) is 17.0. The second-order valence-corrected chi connectivity index (χ2v) is 4.82. The van der Waals surface area contributed by atoms with Gasteiger partial charge in [-0.25, -0.2) is 0 Å². The summed E-state index contributed by atoms with van der Waals surface area (Å²) >= 11 is 3.51. The van der Waals surface area contributed by atoms with Gasteiger partial charge in [0.25, 0.3) is 0 Å². The number of halogens is 1. The molecule has 2 rings (SSSR count). The minimum absolute atomic E-state index is 0.236. The second kappa shape index (κ2) is 5.56. The fourth-order valence-corrected chi connectivity index (χ4v) is 2.33. The van der Waals surface area contributed by atoms with E-state index >= 15 is 0 Å². The van der Waals surface area contributed by atoms with Crippen LogP contribution in [0, 0.1) is 0 Å². The first-order chi connectivity index (χ1) is 8.22. The zero-order valence-corrected chi connectivity index (χ0v) is 11.4. The number of ether oxygens (including phenoxy) is 2. The van der Waals surface area contributed by atoms with E-state index in [9.17, 15) is 0 Å². The topological polar surface area (TPSA) is 44.5 Å². The summed E-state index contributed by atoms with van der Waals surface area (Å²) in [6, 6.07) is 5.54. The van der Waals surface area contributed by atoms with Crippen molar-refractivity contribution in [2.24, 2.45) is 5.73 Å². The van der Waals surface area contributed by atoms with Crippen LogP contribution in [0.4, 0.5) is 0 Å². The maximum Gasteiger partial charge on any atom is 0.119 e. The molecule has 0 spiro atoms. The number of benzene rings is 1. The molecule has 0 saturated carbocycles. The number of allylic oxidation sites excluding steroid dienone is 1. The largest absolute Gasteiger partial charge is 0.497 e. The number of rotatable bonds is 3. The van der Waals surface area contributed by atoms with Crippen LogP contribution < -0.4 is 10.5 Å². The van der Waals surface area contributed by atoms with Crippen molar-refractivity contribution in [2.75, 3.05) is 13.7 Å². The number of methoxy groups -OCH3 is 1. The van der Waals surface area contributed by atoms with Gasteiger partial charge in [-0.15, -0.1) is 0 Å². The van der Waals surface area contributed by atoms with E-state index in [0.29, 0.717) is 0 Å². The van der Waals surface area contributed by atoms with Gasteiger partial charge < -0.3 is 15.2 Å². The van der Waals surface area contributed by atoms with Crippen molar-refractivity contribution in [1.82, 2.24) is 0 Å². The molecular formula is C13H16BrNO2. The molecule has 0 aromatic heterocycles. The molecule has 0 amide bonds. The average molecular weight is 298 g/mol. The standard InChI is InChI=1S/C13H16BrNO2/c1-16-9-5-6-11(14)10(8-9)13(15)12-4-2-3-7-17-12/h4-6,8,13H,2-3,7,15H2,1H3. The van der Waals surface area contributed by atoms with Crippen LogP contribution in [0.5, 0.6) is 5.75 Å². The van der Waals surface area contributed by atoms with Gasteiger partial charge in [-0.3, -0.25) is 0 Å². The van der Waals surface area contributed by atoms with E-state index in [2.05, 4.69) is 22.0 Å². The molecule has 2 N–H and O–H groups in total. The Labute approximate surface area is 110 Å². The Bertz CT molecular complexity index is 431. The van der Waals surface area contributed by atoms with Crippen molar-refractivity contribution in [3.63, 3.8) is 0 Å². The van der Waals surface area contributed by atoms with Gasteiger partial charge in [0.1, 0.15) is 11.5 Å². The smallest absolute Gasteiger partial charge is 0.119 e. The van der Waals surface area contributed by atoms with Crippen LogP contribution in [0.1, 0.15) is 24.4 Å². The first kappa shape index (κ1) is 12.5. The highest BCUT2D eigenvalue weighted by molar-refractivity contribution is 9.10. The third-order valence-electron chi connectivity index (χ3n) is 2.81. The minimum atomic E-state index is -0.236. The fraction of sp³-hybridized carbons (Fsp3) is 0.385. The van der Waals surface area contributed by atoms with E-state index < -0.39 is 0 Å². The molecule has 4 heteroatoms. The monoisotopic (exact) mass is 297 g/mol. The third-order valence-corrected chi connectivity index (χ3v) is 3.53. The maximum atomic E-state index is 6.22. The van der Waals surface area contributed by atoms with Crippen molar-refractivity contribution in [3.8, 4) is 5.75 Å². The van der Waals surface area contributed by atoms with Crippen LogP contribution in [0.15, 0.2) is 34.5 Å². The Hall–Kier alpha value is -1.00. The number of hydrogen-bond donors (Lipinski definition) is 1. The van der Waals surface area contributed by atoms with Crippen LogP contribution >= 0.6 is 15.9 Å². The summed E-state index contributed by atoms with van der Waals surface area (Å²) in [6.07, 6.45) is 4.17. The summed E-state index contributed by atoms with van der Waals surface area (Å²) in [6.45, 7) is 0.751. The Morgan fingerprint density at radius 3 is 2.94 bits per heavy atom. The average Bonchev–Trinajstić information content (AvgIpc) is 2.39. The number of hydrogen-bond acceptors (Lipinski definition) is 3. The fourth-order valence-electron chi connectivity index (χ4n) is 1.83. The summed E-state index contributed by atoms with van der Waals surface area (Å²) in [7, 11) is 1.65. The zero-order valence-electron chi connectivity index (χ0n) is 9.78. The lowest BCUT2D eigenvalue weighted by atomic mass is 10.0. The highest BCUT2D eigenvalue weighted by Crippen LogP contribution is 2.31. The molecule has 0 fully saturated rings. The third kappa shape index (κ3) is 2.82. The van der Waals surface area contributed by atoms with Gasteiger partial charge in [-0.05, 0) is 42.7 Å². The molecule has 1 aliphatic heterocycles. The van der Waals surface area contributed by atoms with E-state index in [4.69, 9.17) is 15.2 Å². The lowest BCUT2D eigenvalue weighted by molar-refractivity contribution is 0.175. The van der Waals surface area contributed by atoms with E-state index in [0.717, 1.165) is 41.0 Å². The molecule has 0 saturated heterocycles. The first-order valence-corrected chi connectivity index (χ1v) is 6.43. The van der Waals surface area contributed by atoms with E-state index in [1.165, 1.54) is 0 Å². The van der Waals surface area contributed by atoms with Crippen LogP contribution in [0.2, 0.25) is 0 Å². The highest BCUT2D eigenvalue weighted by atomic mass is 79.9. The van der Waals surface area contributed by atoms with Crippen LogP contribution in [-0.4, -0.2) is 13.7 Å². The van der Waals surface area contributed by atoms with Crippen molar-refractivity contribution < 1.29 is 9.47 Å². The molecule has 1 aromatic rings. The summed E-state index contributed by atoms with van der Waals surface area (Å²) < 4.78 is 11.8. The van der Waals surface area contributed by atoms with Crippen molar-refractivity contribution in [3.05, 3.63) is 40.1 Å². The summed E-state index contributed by atoms with van der Waals surface area (Å²) in [5.41, 5.74) is 7.20. The molecule has 0 bridgehead atoms.